The Morgan fingerprint density at radius 2 is 1.96 bits per heavy atom. The SMILES string of the molecule is Cc1nc(CN2CCN(C(=O)c3ccc(-c4ncon4)cc3)CC2)cs1. The van der Waals surface area contributed by atoms with Crippen molar-refractivity contribution in [3.05, 3.63) is 52.3 Å². The summed E-state index contributed by atoms with van der Waals surface area (Å²) in [5, 5.41) is 7.01. The van der Waals surface area contributed by atoms with Crippen LogP contribution in [0.25, 0.3) is 11.4 Å². The topological polar surface area (TPSA) is 75.4 Å². The largest absolute Gasteiger partial charge is 0.342 e. The number of hydrogen-bond donors (Lipinski definition) is 0. The van der Waals surface area contributed by atoms with E-state index in [0.717, 1.165) is 49.0 Å². The van der Waals surface area contributed by atoms with Crippen molar-refractivity contribution in [2.45, 2.75) is 13.5 Å². The van der Waals surface area contributed by atoms with Gasteiger partial charge in [-0.15, -0.1) is 11.3 Å². The number of aryl methyl sites for hydroxylation is 1. The van der Waals surface area contributed by atoms with E-state index in [1.807, 2.05) is 36.1 Å². The fourth-order valence-corrected chi connectivity index (χ4v) is 3.67. The van der Waals surface area contributed by atoms with Crippen molar-refractivity contribution in [1.29, 1.82) is 0 Å². The first-order valence-electron chi connectivity index (χ1n) is 8.48. The lowest BCUT2D eigenvalue weighted by atomic mass is 10.1. The lowest BCUT2D eigenvalue weighted by Gasteiger charge is -2.34. The van der Waals surface area contributed by atoms with Gasteiger partial charge in [-0.25, -0.2) is 4.98 Å². The van der Waals surface area contributed by atoms with E-state index >= 15 is 0 Å². The van der Waals surface area contributed by atoms with Crippen LogP contribution >= 0.6 is 11.3 Å². The van der Waals surface area contributed by atoms with Crippen molar-refractivity contribution >= 4 is 17.2 Å². The second kappa shape index (κ2) is 7.35. The van der Waals surface area contributed by atoms with Crippen LogP contribution in [-0.4, -0.2) is 57.0 Å². The van der Waals surface area contributed by atoms with Crippen LogP contribution in [0.3, 0.4) is 0 Å². The zero-order valence-corrected chi connectivity index (χ0v) is 15.3. The minimum Gasteiger partial charge on any atom is -0.342 e. The predicted molar refractivity (Wildman–Crippen MR) is 97.8 cm³/mol. The third-order valence-electron chi connectivity index (χ3n) is 4.46. The van der Waals surface area contributed by atoms with Crippen molar-refractivity contribution < 1.29 is 9.32 Å². The highest BCUT2D eigenvalue weighted by Gasteiger charge is 2.22. The monoisotopic (exact) mass is 369 g/mol. The van der Waals surface area contributed by atoms with Gasteiger partial charge in [0.1, 0.15) is 0 Å². The van der Waals surface area contributed by atoms with Gasteiger partial charge in [-0.1, -0.05) is 17.3 Å². The molecule has 0 aliphatic carbocycles. The molecule has 8 heteroatoms. The van der Waals surface area contributed by atoms with Gasteiger partial charge < -0.3 is 9.42 Å². The van der Waals surface area contributed by atoms with Crippen molar-refractivity contribution in [2.24, 2.45) is 0 Å². The van der Waals surface area contributed by atoms with Gasteiger partial charge >= 0.3 is 0 Å². The molecule has 3 aromatic rings. The summed E-state index contributed by atoms with van der Waals surface area (Å²) in [5.41, 5.74) is 2.63. The van der Waals surface area contributed by atoms with Crippen LogP contribution in [0.15, 0.2) is 40.6 Å². The molecule has 1 amide bonds. The molecule has 7 nitrogen and oxygen atoms in total. The molecule has 3 heterocycles. The summed E-state index contributed by atoms with van der Waals surface area (Å²) in [4.78, 5) is 25.5. The van der Waals surface area contributed by atoms with Gasteiger partial charge in [0, 0.05) is 49.2 Å². The highest BCUT2D eigenvalue weighted by Crippen LogP contribution is 2.17. The second-order valence-electron chi connectivity index (χ2n) is 6.26. The molecule has 0 saturated carbocycles. The molecular weight excluding hydrogens is 350 g/mol. The van der Waals surface area contributed by atoms with Crippen LogP contribution in [0.5, 0.6) is 0 Å². The van der Waals surface area contributed by atoms with Crippen molar-refractivity contribution in [3.63, 3.8) is 0 Å². The Labute approximate surface area is 155 Å². The molecule has 1 saturated heterocycles. The van der Waals surface area contributed by atoms with Crippen molar-refractivity contribution in [1.82, 2.24) is 24.9 Å². The lowest BCUT2D eigenvalue weighted by Crippen LogP contribution is -2.48. The number of carbonyl (C=O) groups is 1. The number of carbonyl (C=O) groups excluding carboxylic acids is 1. The van der Waals surface area contributed by atoms with Crippen LogP contribution in [-0.2, 0) is 6.54 Å². The maximum atomic E-state index is 12.7. The van der Waals surface area contributed by atoms with Crippen LogP contribution in [0.4, 0.5) is 0 Å². The lowest BCUT2D eigenvalue weighted by molar-refractivity contribution is 0.0627. The highest BCUT2D eigenvalue weighted by atomic mass is 32.1. The van der Waals surface area contributed by atoms with E-state index in [0.29, 0.717) is 11.4 Å². The first-order valence-corrected chi connectivity index (χ1v) is 9.36. The minimum absolute atomic E-state index is 0.0637. The van der Waals surface area contributed by atoms with Gasteiger partial charge in [0.05, 0.1) is 10.7 Å². The third kappa shape index (κ3) is 3.66. The smallest absolute Gasteiger partial charge is 0.253 e. The molecule has 1 aromatic carbocycles. The van der Waals surface area contributed by atoms with E-state index < -0.39 is 0 Å². The van der Waals surface area contributed by atoms with E-state index in [1.54, 1.807) is 11.3 Å². The molecule has 0 spiro atoms. The molecule has 1 aliphatic rings. The Balaban J connectivity index is 1.34. The molecular formula is C18H19N5O2S. The molecule has 0 atom stereocenters. The van der Waals surface area contributed by atoms with Gasteiger partial charge in [-0.05, 0) is 19.1 Å². The normalized spacial score (nSPS) is 15.3. The summed E-state index contributed by atoms with van der Waals surface area (Å²) in [6.07, 6.45) is 1.29. The van der Waals surface area contributed by atoms with E-state index in [9.17, 15) is 4.79 Å². The Morgan fingerprint density at radius 1 is 1.19 bits per heavy atom. The number of benzene rings is 1. The van der Waals surface area contributed by atoms with Crippen LogP contribution in [0.1, 0.15) is 21.1 Å². The molecule has 0 bridgehead atoms. The highest BCUT2D eigenvalue weighted by molar-refractivity contribution is 7.09. The molecule has 0 radical (unpaired) electrons. The molecule has 26 heavy (non-hydrogen) atoms. The van der Waals surface area contributed by atoms with Crippen molar-refractivity contribution in [2.75, 3.05) is 26.2 Å². The summed E-state index contributed by atoms with van der Waals surface area (Å²) >= 11 is 1.68. The first kappa shape index (κ1) is 16.9. The number of piperazine rings is 1. The van der Waals surface area contributed by atoms with E-state index in [1.165, 1.54) is 6.39 Å². The second-order valence-corrected chi connectivity index (χ2v) is 7.32. The Hall–Kier alpha value is -2.58. The van der Waals surface area contributed by atoms with E-state index in [4.69, 9.17) is 4.52 Å². The average Bonchev–Trinajstić information content (AvgIpc) is 3.34. The molecule has 0 N–H and O–H groups in total. The fraction of sp³-hybridized carbons (Fsp3) is 0.333. The van der Waals surface area contributed by atoms with Crippen LogP contribution in [0.2, 0.25) is 0 Å². The van der Waals surface area contributed by atoms with Crippen LogP contribution in [0, 0.1) is 6.92 Å². The van der Waals surface area contributed by atoms with Gasteiger partial charge in [-0.3, -0.25) is 9.69 Å². The molecule has 134 valence electrons. The van der Waals surface area contributed by atoms with E-state index in [-0.39, 0.29) is 5.91 Å². The predicted octanol–water partition coefficient (Wildman–Crippen LogP) is 2.46. The number of rotatable bonds is 4. The quantitative estimate of drug-likeness (QED) is 0.703. The number of thiazole rings is 1. The number of nitrogens with zero attached hydrogens (tertiary/aromatic N) is 5. The van der Waals surface area contributed by atoms with E-state index in [2.05, 4.69) is 25.4 Å². The standard InChI is InChI=1S/C18H19N5O2S/c1-13-20-16(11-26-13)10-22-6-8-23(9-7-22)18(24)15-4-2-14(3-5-15)17-19-12-25-21-17/h2-5,11-12H,6-10H2,1H3. The number of amides is 1. The molecule has 4 rings (SSSR count). The number of hydrogen-bond acceptors (Lipinski definition) is 7. The summed E-state index contributed by atoms with van der Waals surface area (Å²) in [5.74, 6) is 0.587. The van der Waals surface area contributed by atoms with Gasteiger partial charge in [0.15, 0.2) is 0 Å². The summed E-state index contributed by atoms with van der Waals surface area (Å²) in [6.45, 7) is 6.07. The van der Waals surface area contributed by atoms with Crippen LogP contribution < -0.4 is 0 Å². The zero-order chi connectivity index (χ0) is 17.9. The third-order valence-corrected chi connectivity index (χ3v) is 5.29. The molecule has 0 unspecified atom stereocenters. The summed E-state index contributed by atoms with van der Waals surface area (Å²) < 4.78 is 4.75. The minimum atomic E-state index is 0.0637. The maximum absolute atomic E-state index is 12.7. The molecule has 1 fully saturated rings. The molecule has 2 aromatic heterocycles. The maximum Gasteiger partial charge on any atom is 0.253 e. The number of aromatic nitrogens is 3. The Morgan fingerprint density at radius 3 is 2.58 bits per heavy atom. The Kier molecular flexibility index (Phi) is 4.77. The zero-order valence-electron chi connectivity index (χ0n) is 14.5. The first-order chi connectivity index (χ1) is 12.7. The molecule has 1 aliphatic heterocycles. The summed E-state index contributed by atoms with van der Waals surface area (Å²) in [6, 6.07) is 7.33. The fourth-order valence-electron chi connectivity index (χ4n) is 3.06. The van der Waals surface area contributed by atoms with Gasteiger partial charge in [0.25, 0.3) is 5.91 Å². The van der Waals surface area contributed by atoms with Crippen molar-refractivity contribution in [3.8, 4) is 11.4 Å². The van der Waals surface area contributed by atoms with Gasteiger partial charge in [-0.2, -0.15) is 4.98 Å². The van der Waals surface area contributed by atoms with Gasteiger partial charge in [0.2, 0.25) is 12.2 Å². The Bertz CT molecular complexity index is 867. The average molecular weight is 369 g/mol. The summed E-state index contributed by atoms with van der Waals surface area (Å²) in [7, 11) is 0.